The van der Waals surface area contributed by atoms with Gasteiger partial charge in [0.05, 0.1) is 10.2 Å². The summed E-state index contributed by atoms with van der Waals surface area (Å²) in [5, 5.41) is 4.59. The minimum Gasteiger partial charge on any atom is -0.203 e. The van der Waals surface area contributed by atoms with E-state index in [9.17, 15) is 0 Å². The summed E-state index contributed by atoms with van der Waals surface area (Å²) in [5.41, 5.74) is 2.17. The zero-order valence-corrected chi connectivity index (χ0v) is 10.3. The van der Waals surface area contributed by atoms with Crippen LogP contribution in [0.15, 0.2) is 54.6 Å². The Morgan fingerprint density at radius 3 is 2.56 bits per heavy atom. The number of fused-ring (bicyclic) bond motifs is 3. The quantitative estimate of drug-likeness (QED) is 0.517. The third kappa shape index (κ3) is 1.36. The topological polar surface area (TPSA) is 30.2 Å². The summed E-state index contributed by atoms with van der Waals surface area (Å²) in [4.78, 5) is 5.53. The summed E-state index contributed by atoms with van der Waals surface area (Å²) >= 11 is 1.67. The van der Waals surface area contributed by atoms with E-state index in [0.29, 0.717) is 0 Å². The summed E-state index contributed by atoms with van der Waals surface area (Å²) in [6.45, 7) is 0. The molecule has 0 spiro atoms. The number of thiazole rings is 1. The van der Waals surface area contributed by atoms with Crippen LogP contribution in [0.5, 0.6) is 0 Å². The lowest BCUT2D eigenvalue weighted by atomic mass is 10.2. The number of hydrogen-bond donors (Lipinski definition) is 0. The SMILES string of the molecule is c1ccc(-c2nc3sc4ccccc4n3n2)cc1. The maximum absolute atomic E-state index is 4.59. The first-order valence-corrected chi connectivity index (χ1v) is 6.53. The van der Waals surface area contributed by atoms with Crippen LogP contribution in [0.2, 0.25) is 0 Å². The van der Waals surface area contributed by atoms with Gasteiger partial charge in [-0.1, -0.05) is 53.8 Å². The van der Waals surface area contributed by atoms with Crippen LogP contribution in [-0.4, -0.2) is 14.6 Å². The number of rotatable bonds is 1. The van der Waals surface area contributed by atoms with Crippen molar-refractivity contribution in [2.24, 2.45) is 0 Å². The third-order valence-electron chi connectivity index (χ3n) is 2.90. The Balaban J connectivity index is 2.00. The van der Waals surface area contributed by atoms with E-state index >= 15 is 0 Å². The predicted octanol–water partition coefficient (Wildman–Crippen LogP) is 3.61. The first-order chi connectivity index (χ1) is 8.92. The summed E-state index contributed by atoms with van der Waals surface area (Å²) in [6.07, 6.45) is 0. The number of para-hydroxylation sites is 1. The van der Waals surface area contributed by atoms with E-state index < -0.39 is 0 Å². The smallest absolute Gasteiger partial charge is 0.203 e. The Kier molecular flexibility index (Phi) is 1.98. The molecule has 0 aliphatic rings. The van der Waals surface area contributed by atoms with E-state index in [0.717, 1.165) is 21.9 Å². The third-order valence-corrected chi connectivity index (χ3v) is 3.92. The van der Waals surface area contributed by atoms with Gasteiger partial charge in [-0.2, -0.15) is 4.98 Å². The van der Waals surface area contributed by atoms with Crippen LogP contribution >= 0.6 is 11.3 Å². The monoisotopic (exact) mass is 251 g/mol. The average Bonchev–Trinajstić information content (AvgIpc) is 2.97. The molecule has 0 aliphatic heterocycles. The lowest BCUT2D eigenvalue weighted by Gasteiger charge is -1.92. The maximum Gasteiger partial charge on any atom is 0.213 e. The Morgan fingerprint density at radius 1 is 0.889 bits per heavy atom. The van der Waals surface area contributed by atoms with Crippen molar-refractivity contribution in [2.75, 3.05) is 0 Å². The van der Waals surface area contributed by atoms with Gasteiger partial charge in [0.25, 0.3) is 0 Å². The molecule has 0 radical (unpaired) electrons. The standard InChI is InChI=1S/C14H9N3S/c1-2-6-10(7-3-1)13-15-14-17(16-13)11-8-4-5-9-12(11)18-14/h1-9H. The molecule has 0 fully saturated rings. The van der Waals surface area contributed by atoms with Gasteiger partial charge in [0.15, 0.2) is 5.82 Å². The fourth-order valence-corrected chi connectivity index (χ4v) is 3.01. The molecule has 0 bridgehead atoms. The van der Waals surface area contributed by atoms with Crippen LogP contribution in [0.4, 0.5) is 0 Å². The fraction of sp³-hybridized carbons (Fsp3) is 0. The molecule has 0 amide bonds. The van der Waals surface area contributed by atoms with Crippen LogP contribution in [-0.2, 0) is 0 Å². The van der Waals surface area contributed by atoms with Gasteiger partial charge in [-0.3, -0.25) is 0 Å². The highest BCUT2D eigenvalue weighted by Crippen LogP contribution is 2.26. The second-order valence-electron chi connectivity index (χ2n) is 4.07. The lowest BCUT2D eigenvalue weighted by Crippen LogP contribution is -1.84. The van der Waals surface area contributed by atoms with Crippen molar-refractivity contribution in [3.05, 3.63) is 54.6 Å². The highest BCUT2D eigenvalue weighted by Gasteiger charge is 2.10. The van der Waals surface area contributed by atoms with Crippen LogP contribution in [0.1, 0.15) is 0 Å². The highest BCUT2D eigenvalue weighted by atomic mass is 32.1. The lowest BCUT2D eigenvalue weighted by molar-refractivity contribution is 1.02. The van der Waals surface area contributed by atoms with Crippen molar-refractivity contribution in [3.63, 3.8) is 0 Å². The molecule has 4 rings (SSSR count). The summed E-state index contributed by atoms with van der Waals surface area (Å²) in [6, 6.07) is 18.3. The fourth-order valence-electron chi connectivity index (χ4n) is 2.05. The molecule has 0 atom stereocenters. The average molecular weight is 251 g/mol. The number of benzene rings is 2. The summed E-state index contributed by atoms with van der Waals surface area (Å²) in [5.74, 6) is 0.785. The molecule has 0 unspecified atom stereocenters. The molecular weight excluding hydrogens is 242 g/mol. The van der Waals surface area contributed by atoms with Gasteiger partial charge >= 0.3 is 0 Å². The van der Waals surface area contributed by atoms with Gasteiger partial charge in [0.2, 0.25) is 4.96 Å². The zero-order chi connectivity index (χ0) is 11.9. The van der Waals surface area contributed by atoms with Crippen LogP contribution in [0.25, 0.3) is 26.6 Å². The molecule has 18 heavy (non-hydrogen) atoms. The van der Waals surface area contributed by atoms with Crippen molar-refractivity contribution in [1.29, 1.82) is 0 Å². The van der Waals surface area contributed by atoms with Gasteiger partial charge in [-0.05, 0) is 12.1 Å². The second kappa shape index (κ2) is 3.65. The van der Waals surface area contributed by atoms with Crippen LogP contribution in [0, 0.1) is 0 Å². The van der Waals surface area contributed by atoms with E-state index in [-0.39, 0.29) is 0 Å². The number of aromatic nitrogens is 3. The Hall–Kier alpha value is -2.20. The molecule has 4 aromatic rings. The Morgan fingerprint density at radius 2 is 1.67 bits per heavy atom. The van der Waals surface area contributed by atoms with Crippen LogP contribution in [0.3, 0.4) is 0 Å². The molecule has 0 N–H and O–H groups in total. The number of hydrogen-bond acceptors (Lipinski definition) is 3. The second-order valence-corrected chi connectivity index (χ2v) is 5.07. The predicted molar refractivity (Wildman–Crippen MR) is 73.8 cm³/mol. The molecule has 4 heteroatoms. The molecule has 3 nitrogen and oxygen atoms in total. The van der Waals surface area contributed by atoms with E-state index in [4.69, 9.17) is 0 Å². The molecule has 0 saturated carbocycles. The minimum atomic E-state index is 0.785. The minimum absolute atomic E-state index is 0.785. The van der Waals surface area contributed by atoms with Gasteiger partial charge in [0.1, 0.15) is 0 Å². The maximum atomic E-state index is 4.59. The van der Waals surface area contributed by atoms with Crippen molar-refractivity contribution in [2.45, 2.75) is 0 Å². The largest absolute Gasteiger partial charge is 0.213 e. The molecule has 0 saturated heterocycles. The number of nitrogens with zero attached hydrogens (tertiary/aromatic N) is 3. The van der Waals surface area contributed by atoms with E-state index in [1.165, 1.54) is 4.70 Å². The molecular formula is C14H9N3S. The van der Waals surface area contributed by atoms with E-state index in [2.05, 4.69) is 22.2 Å². The van der Waals surface area contributed by atoms with E-state index in [1.54, 1.807) is 11.3 Å². The van der Waals surface area contributed by atoms with Gasteiger partial charge in [0, 0.05) is 5.56 Å². The first-order valence-electron chi connectivity index (χ1n) is 5.71. The zero-order valence-electron chi connectivity index (χ0n) is 9.45. The van der Waals surface area contributed by atoms with Gasteiger partial charge in [-0.25, -0.2) is 4.52 Å². The molecule has 0 aliphatic carbocycles. The first kappa shape index (κ1) is 9.79. The highest BCUT2D eigenvalue weighted by molar-refractivity contribution is 7.23. The van der Waals surface area contributed by atoms with Gasteiger partial charge < -0.3 is 0 Å². The van der Waals surface area contributed by atoms with Crippen molar-refractivity contribution in [1.82, 2.24) is 14.6 Å². The van der Waals surface area contributed by atoms with Gasteiger partial charge in [-0.15, -0.1) is 5.10 Å². The Labute approximate surface area is 107 Å². The summed E-state index contributed by atoms with van der Waals surface area (Å²) < 4.78 is 3.13. The van der Waals surface area contributed by atoms with Crippen molar-refractivity contribution < 1.29 is 0 Å². The normalized spacial score (nSPS) is 11.3. The molecule has 2 aromatic carbocycles. The van der Waals surface area contributed by atoms with Crippen molar-refractivity contribution >= 4 is 26.5 Å². The molecule has 2 heterocycles. The summed E-state index contributed by atoms with van der Waals surface area (Å²) in [7, 11) is 0. The van der Waals surface area contributed by atoms with E-state index in [1.807, 2.05) is 47.0 Å². The molecule has 2 aromatic heterocycles. The van der Waals surface area contributed by atoms with Crippen molar-refractivity contribution in [3.8, 4) is 11.4 Å². The Bertz CT molecular complexity index is 830. The molecule has 86 valence electrons. The van der Waals surface area contributed by atoms with Crippen LogP contribution < -0.4 is 0 Å².